The van der Waals surface area contributed by atoms with Crippen LogP contribution in [0.15, 0.2) is 48.5 Å². The Bertz CT molecular complexity index is 605. The molecule has 0 fully saturated rings. The summed E-state index contributed by atoms with van der Waals surface area (Å²) in [5, 5.41) is 9.08. The van der Waals surface area contributed by atoms with Crippen LogP contribution in [0.2, 0.25) is 0 Å². The lowest BCUT2D eigenvalue weighted by Gasteiger charge is -2.29. The summed E-state index contributed by atoms with van der Waals surface area (Å²) < 4.78 is 0. The summed E-state index contributed by atoms with van der Waals surface area (Å²) in [5.74, 6) is -0.868. The highest BCUT2D eigenvalue weighted by molar-refractivity contribution is 5.73. The topological polar surface area (TPSA) is 63.3 Å². The fourth-order valence-electron chi connectivity index (χ4n) is 3.05. The molecule has 3 rings (SSSR count). The number of hydrogen-bond donors (Lipinski definition) is 2. The van der Waals surface area contributed by atoms with E-state index in [0.29, 0.717) is 6.42 Å². The van der Waals surface area contributed by atoms with Crippen LogP contribution in [0.5, 0.6) is 0 Å². The summed E-state index contributed by atoms with van der Waals surface area (Å²) in [6.45, 7) is 0. The van der Waals surface area contributed by atoms with E-state index in [-0.39, 0.29) is 5.92 Å². The number of carboxylic acids is 1. The van der Waals surface area contributed by atoms with Gasteiger partial charge < -0.3 is 10.8 Å². The Hall–Kier alpha value is -2.13. The molecular formula is C17H17NO2. The Kier molecular flexibility index (Phi) is 3.28. The molecule has 1 aliphatic rings. The molecule has 0 saturated heterocycles. The fourth-order valence-corrected chi connectivity index (χ4v) is 3.05. The summed E-state index contributed by atoms with van der Waals surface area (Å²) in [7, 11) is 0. The Balaban J connectivity index is 2.05. The molecule has 0 unspecified atom stereocenters. The van der Waals surface area contributed by atoms with Crippen LogP contribution < -0.4 is 5.73 Å². The van der Waals surface area contributed by atoms with E-state index in [1.165, 1.54) is 22.3 Å². The van der Waals surface area contributed by atoms with Crippen LogP contribution in [0.1, 0.15) is 34.6 Å². The van der Waals surface area contributed by atoms with Gasteiger partial charge in [0.05, 0.1) is 0 Å². The van der Waals surface area contributed by atoms with Crippen LogP contribution in [0.4, 0.5) is 0 Å². The molecule has 0 heterocycles. The highest BCUT2D eigenvalue weighted by atomic mass is 16.4. The van der Waals surface area contributed by atoms with E-state index in [2.05, 4.69) is 24.3 Å². The molecule has 0 saturated carbocycles. The van der Waals surface area contributed by atoms with E-state index in [4.69, 9.17) is 10.8 Å². The molecule has 2 aromatic rings. The van der Waals surface area contributed by atoms with Gasteiger partial charge in [-0.1, -0.05) is 48.5 Å². The van der Waals surface area contributed by atoms with E-state index in [1.807, 2.05) is 24.3 Å². The van der Waals surface area contributed by atoms with Crippen LogP contribution in [0, 0.1) is 0 Å². The van der Waals surface area contributed by atoms with E-state index < -0.39 is 12.0 Å². The first-order valence-electron chi connectivity index (χ1n) is 6.81. The van der Waals surface area contributed by atoms with Crippen molar-refractivity contribution in [3.8, 4) is 0 Å². The van der Waals surface area contributed by atoms with Gasteiger partial charge in [0.25, 0.3) is 0 Å². The monoisotopic (exact) mass is 267 g/mol. The largest absolute Gasteiger partial charge is 0.480 e. The maximum absolute atomic E-state index is 11.1. The Morgan fingerprint density at radius 1 is 1.10 bits per heavy atom. The number of benzene rings is 2. The third kappa shape index (κ3) is 2.21. The molecule has 20 heavy (non-hydrogen) atoms. The Labute approximate surface area is 118 Å². The molecule has 0 aliphatic heterocycles. The molecule has 0 radical (unpaired) electrons. The first kappa shape index (κ1) is 12.9. The lowest BCUT2D eigenvalue weighted by molar-refractivity contribution is -0.138. The molecule has 2 aromatic carbocycles. The Morgan fingerprint density at radius 3 is 2.10 bits per heavy atom. The minimum atomic E-state index is -0.939. The second-order valence-corrected chi connectivity index (χ2v) is 5.31. The Morgan fingerprint density at radius 2 is 1.60 bits per heavy atom. The molecule has 3 nitrogen and oxygen atoms in total. The van der Waals surface area contributed by atoms with Crippen LogP contribution in [-0.2, 0) is 11.2 Å². The van der Waals surface area contributed by atoms with Gasteiger partial charge >= 0.3 is 5.97 Å². The molecular weight excluding hydrogens is 250 g/mol. The number of fused-ring (bicyclic) bond motifs is 2. The minimum Gasteiger partial charge on any atom is -0.480 e. The van der Waals surface area contributed by atoms with Crippen molar-refractivity contribution in [3.05, 3.63) is 70.8 Å². The summed E-state index contributed by atoms with van der Waals surface area (Å²) in [6.07, 6.45) is 1.34. The van der Waals surface area contributed by atoms with Gasteiger partial charge in [0.2, 0.25) is 0 Å². The van der Waals surface area contributed by atoms with Gasteiger partial charge in [0.1, 0.15) is 6.04 Å². The van der Waals surface area contributed by atoms with E-state index in [0.717, 1.165) is 6.42 Å². The molecule has 3 heteroatoms. The number of hydrogen-bond acceptors (Lipinski definition) is 2. The first-order valence-corrected chi connectivity index (χ1v) is 6.81. The molecule has 1 aliphatic carbocycles. The maximum atomic E-state index is 11.1. The third-order valence-corrected chi connectivity index (χ3v) is 4.05. The fraction of sp³-hybridized carbons (Fsp3) is 0.235. The van der Waals surface area contributed by atoms with Crippen molar-refractivity contribution >= 4 is 5.97 Å². The van der Waals surface area contributed by atoms with E-state index >= 15 is 0 Å². The first-order chi connectivity index (χ1) is 9.66. The van der Waals surface area contributed by atoms with E-state index in [9.17, 15) is 4.79 Å². The van der Waals surface area contributed by atoms with Crippen LogP contribution in [0.3, 0.4) is 0 Å². The lowest BCUT2D eigenvalue weighted by Crippen LogP contribution is -2.33. The second-order valence-electron chi connectivity index (χ2n) is 5.31. The van der Waals surface area contributed by atoms with Crippen LogP contribution in [-0.4, -0.2) is 17.1 Å². The standard InChI is InChI=1S/C17H17NO2/c18-16(17(19)20)10-15-13-7-3-1-5-11(13)9-12-6-2-4-8-14(12)15/h1-8,15-16H,9-10,18H2,(H,19,20)/t16-/m1/s1. The number of carboxylic acid groups (broad SMARTS) is 1. The third-order valence-electron chi connectivity index (χ3n) is 4.05. The van der Waals surface area contributed by atoms with Crippen molar-refractivity contribution in [2.24, 2.45) is 5.73 Å². The van der Waals surface area contributed by atoms with Gasteiger partial charge in [-0.05, 0) is 35.1 Å². The molecule has 1 atom stereocenters. The summed E-state index contributed by atoms with van der Waals surface area (Å²) in [5.41, 5.74) is 10.7. The predicted octanol–water partition coefficient (Wildman–Crippen LogP) is 2.52. The number of aliphatic carboxylic acids is 1. The lowest BCUT2D eigenvalue weighted by atomic mass is 9.75. The van der Waals surface area contributed by atoms with Gasteiger partial charge in [0.15, 0.2) is 0 Å². The summed E-state index contributed by atoms with van der Waals surface area (Å²) >= 11 is 0. The SMILES string of the molecule is N[C@H](CC1c2ccccc2Cc2ccccc21)C(=O)O. The van der Waals surface area contributed by atoms with Crippen molar-refractivity contribution in [1.29, 1.82) is 0 Å². The molecule has 0 bridgehead atoms. The second kappa shape index (κ2) is 5.10. The van der Waals surface area contributed by atoms with Crippen molar-refractivity contribution < 1.29 is 9.90 Å². The van der Waals surface area contributed by atoms with Gasteiger partial charge in [-0.2, -0.15) is 0 Å². The van der Waals surface area contributed by atoms with Crippen molar-refractivity contribution in [1.82, 2.24) is 0 Å². The number of carbonyl (C=O) groups is 1. The van der Waals surface area contributed by atoms with Gasteiger partial charge in [-0.3, -0.25) is 4.79 Å². The van der Waals surface area contributed by atoms with Crippen LogP contribution in [0.25, 0.3) is 0 Å². The zero-order valence-electron chi connectivity index (χ0n) is 11.1. The summed E-state index contributed by atoms with van der Waals surface area (Å²) in [6, 6.07) is 15.6. The van der Waals surface area contributed by atoms with Crippen molar-refractivity contribution in [2.45, 2.75) is 24.8 Å². The van der Waals surface area contributed by atoms with Crippen molar-refractivity contribution in [3.63, 3.8) is 0 Å². The van der Waals surface area contributed by atoms with E-state index in [1.54, 1.807) is 0 Å². The molecule has 0 aromatic heterocycles. The number of nitrogens with two attached hydrogens (primary N) is 1. The van der Waals surface area contributed by atoms with Gasteiger partial charge in [-0.25, -0.2) is 0 Å². The number of rotatable bonds is 3. The van der Waals surface area contributed by atoms with Gasteiger partial charge in [0, 0.05) is 5.92 Å². The zero-order chi connectivity index (χ0) is 14.1. The summed E-state index contributed by atoms with van der Waals surface area (Å²) in [4.78, 5) is 11.1. The predicted molar refractivity (Wildman–Crippen MR) is 77.8 cm³/mol. The van der Waals surface area contributed by atoms with Gasteiger partial charge in [-0.15, -0.1) is 0 Å². The zero-order valence-corrected chi connectivity index (χ0v) is 11.1. The van der Waals surface area contributed by atoms with Crippen molar-refractivity contribution in [2.75, 3.05) is 0 Å². The average molecular weight is 267 g/mol. The highest BCUT2D eigenvalue weighted by Gasteiger charge is 2.28. The smallest absolute Gasteiger partial charge is 0.320 e. The average Bonchev–Trinajstić information content (AvgIpc) is 2.46. The molecule has 3 N–H and O–H groups in total. The molecule has 102 valence electrons. The maximum Gasteiger partial charge on any atom is 0.320 e. The quantitative estimate of drug-likeness (QED) is 0.898. The molecule has 0 amide bonds. The van der Waals surface area contributed by atoms with Crippen LogP contribution >= 0.6 is 0 Å². The normalized spacial score (nSPS) is 15.2. The minimum absolute atomic E-state index is 0.0715. The molecule has 0 spiro atoms. The highest BCUT2D eigenvalue weighted by Crippen LogP contribution is 2.38.